The van der Waals surface area contributed by atoms with Gasteiger partial charge in [0.1, 0.15) is 5.75 Å². The molecule has 0 aliphatic carbocycles. The largest absolute Gasteiger partial charge is 0.496 e. The molecule has 2 rings (SSSR count). The molecule has 0 saturated heterocycles. The molecule has 2 aromatic carbocycles. The van der Waals surface area contributed by atoms with E-state index >= 15 is 0 Å². The number of non-ortho nitro benzene ring substituents is 1. The smallest absolute Gasteiger partial charge is 0.270 e. The second-order valence-electron chi connectivity index (χ2n) is 3.98. The lowest BCUT2D eigenvalue weighted by Crippen LogP contribution is -1.93. The van der Waals surface area contributed by atoms with E-state index in [4.69, 9.17) is 4.74 Å². The van der Waals surface area contributed by atoms with Crippen molar-refractivity contribution in [3.05, 3.63) is 58.1 Å². The number of hydrogen-bond acceptors (Lipinski definition) is 3. The summed E-state index contributed by atoms with van der Waals surface area (Å²) in [7, 11) is 1.58. The van der Waals surface area contributed by atoms with Gasteiger partial charge in [0.2, 0.25) is 0 Å². The van der Waals surface area contributed by atoms with Gasteiger partial charge in [-0.25, -0.2) is 0 Å². The Balaban J connectivity index is 2.61. The summed E-state index contributed by atoms with van der Waals surface area (Å²) in [5.41, 5.74) is 2.56. The summed E-state index contributed by atoms with van der Waals surface area (Å²) in [6.45, 7) is 0. The van der Waals surface area contributed by atoms with Gasteiger partial charge in [-0.1, -0.05) is 34.1 Å². The summed E-state index contributed by atoms with van der Waals surface area (Å²) in [6, 6.07) is 12.5. The first-order valence-corrected chi connectivity index (χ1v) is 6.75. The zero-order chi connectivity index (χ0) is 13.8. The first-order valence-electron chi connectivity index (χ1n) is 5.63. The summed E-state index contributed by atoms with van der Waals surface area (Å²) in [5.74, 6) is 0.698. The summed E-state index contributed by atoms with van der Waals surface area (Å²) in [6.07, 6.45) is 0. The van der Waals surface area contributed by atoms with Crippen molar-refractivity contribution >= 4 is 21.6 Å². The van der Waals surface area contributed by atoms with Crippen LogP contribution in [0.1, 0.15) is 5.56 Å². The number of nitrogens with zero attached hydrogens (tertiary/aromatic N) is 1. The Morgan fingerprint density at radius 2 is 2.00 bits per heavy atom. The Labute approximate surface area is 119 Å². The van der Waals surface area contributed by atoms with E-state index in [1.54, 1.807) is 19.2 Å². The van der Waals surface area contributed by atoms with Gasteiger partial charge in [0, 0.05) is 23.0 Å². The molecule has 0 radical (unpaired) electrons. The Bertz CT molecular complexity index is 613. The third-order valence-corrected chi connectivity index (χ3v) is 3.41. The Morgan fingerprint density at radius 1 is 1.26 bits per heavy atom. The van der Waals surface area contributed by atoms with Crippen LogP contribution in [0.15, 0.2) is 42.5 Å². The fourth-order valence-electron chi connectivity index (χ4n) is 1.90. The zero-order valence-corrected chi connectivity index (χ0v) is 11.9. The number of alkyl halides is 1. The molecule has 0 N–H and O–H groups in total. The lowest BCUT2D eigenvalue weighted by Gasteiger charge is -2.09. The fourth-order valence-corrected chi connectivity index (χ4v) is 2.22. The average Bonchev–Trinajstić information content (AvgIpc) is 2.46. The van der Waals surface area contributed by atoms with Gasteiger partial charge in [0.25, 0.3) is 5.69 Å². The standard InChI is InChI=1S/C14H12BrNO3/c1-19-14-5-3-2-4-13(14)11-6-10(9-15)7-12(8-11)16(17)18/h2-8H,9H2,1H3. The second-order valence-corrected chi connectivity index (χ2v) is 4.54. The third-order valence-electron chi connectivity index (χ3n) is 2.76. The van der Waals surface area contributed by atoms with E-state index in [0.29, 0.717) is 11.1 Å². The number of methoxy groups -OCH3 is 1. The molecular weight excluding hydrogens is 310 g/mol. The molecule has 0 bridgehead atoms. The maximum absolute atomic E-state index is 11.0. The van der Waals surface area contributed by atoms with E-state index in [-0.39, 0.29) is 10.6 Å². The first-order chi connectivity index (χ1) is 9.15. The highest BCUT2D eigenvalue weighted by molar-refractivity contribution is 9.08. The van der Waals surface area contributed by atoms with E-state index < -0.39 is 0 Å². The number of benzene rings is 2. The average molecular weight is 322 g/mol. The van der Waals surface area contributed by atoms with Crippen molar-refractivity contribution in [2.45, 2.75) is 5.33 Å². The molecule has 0 heterocycles. The van der Waals surface area contributed by atoms with Crippen LogP contribution in [0.4, 0.5) is 5.69 Å². The number of ether oxygens (including phenoxy) is 1. The molecule has 5 heteroatoms. The second kappa shape index (κ2) is 5.84. The van der Waals surface area contributed by atoms with Crippen LogP contribution in [-0.2, 0) is 5.33 Å². The molecule has 0 aliphatic heterocycles. The van der Waals surface area contributed by atoms with Gasteiger partial charge in [-0.3, -0.25) is 10.1 Å². The number of rotatable bonds is 4. The van der Waals surface area contributed by atoms with E-state index in [1.165, 1.54) is 0 Å². The molecule has 0 unspecified atom stereocenters. The normalized spacial score (nSPS) is 10.2. The number of nitro groups is 1. The van der Waals surface area contributed by atoms with Gasteiger partial charge >= 0.3 is 0 Å². The van der Waals surface area contributed by atoms with E-state index in [0.717, 1.165) is 16.7 Å². The molecule has 19 heavy (non-hydrogen) atoms. The van der Waals surface area contributed by atoms with Gasteiger partial charge in [-0.15, -0.1) is 0 Å². The van der Waals surface area contributed by atoms with Crippen LogP contribution in [0.25, 0.3) is 11.1 Å². The topological polar surface area (TPSA) is 52.4 Å². The molecule has 0 aliphatic rings. The van der Waals surface area contributed by atoms with Crippen molar-refractivity contribution < 1.29 is 9.66 Å². The predicted octanol–water partition coefficient (Wildman–Crippen LogP) is 4.17. The SMILES string of the molecule is COc1ccccc1-c1cc(CBr)cc([N+](=O)[O-])c1. The minimum Gasteiger partial charge on any atom is -0.496 e. The van der Waals surface area contributed by atoms with Gasteiger partial charge < -0.3 is 4.74 Å². The van der Waals surface area contributed by atoms with Crippen LogP contribution in [0, 0.1) is 10.1 Å². The van der Waals surface area contributed by atoms with Gasteiger partial charge in [0.15, 0.2) is 0 Å². The first kappa shape index (κ1) is 13.5. The molecule has 0 saturated carbocycles. The van der Waals surface area contributed by atoms with E-state index in [9.17, 15) is 10.1 Å². The molecular formula is C14H12BrNO3. The Hall–Kier alpha value is -1.88. The quantitative estimate of drug-likeness (QED) is 0.482. The molecule has 0 atom stereocenters. The highest BCUT2D eigenvalue weighted by Crippen LogP contribution is 2.33. The van der Waals surface area contributed by atoms with E-state index in [1.807, 2.05) is 30.3 Å². The van der Waals surface area contributed by atoms with Crippen LogP contribution in [0.3, 0.4) is 0 Å². The maximum atomic E-state index is 11.0. The van der Waals surface area contributed by atoms with Crippen molar-refractivity contribution in [3.8, 4) is 16.9 Å². The van der Waals surface area contributed by atoms with Gasteiger partial charge in [-0.2, -0.15) is 0 Å². The molecule has 0 amide bonds. The van der Waals surface area contributed by atoms with E-state index in [2.05, 4.69) is 15.9 Å². The van der Waals surface area contributed by atoms with Crippen molar-refractivity contribution in [2.75, 3.05) is 7.11 Å². The summed E-state index contributed by atoms with van der Waals surface area (Å²) >= 11 is 3.33. The fraction of sp³-hybridized carbons (Fsp3) is 0.143. The maximum Gasteiger partial charge on any atom is 0.270 e. The zero-order valence-electron chi connectivity index (χ0n) is 10.3. The van der Waals surface area contributed by atoms with Gasteiger partial charge in [0.05, 0.1) is 12.0 Å². The monoisotopic (exact) mass is 321 g/mol. The molecule has 98 valence electrons. The lowest BCUT2D eigenvalue weighted by atomic mass is 10.0. The van der Waals surface area contributed by atoms with Crippen LogP contribution in [0.5, 0.6) is 5.75 Å². The van der Waals surface area contributed by atoms with Crippen molar-refractivity contribution in [1.29, 1.82) is 0 Å². The number of hydrogen-bond donors (Lipinski definition) is 0. The van der Waals surface area contributed by atoms with Crippen molar-refractivity contribution in [2.24, 2.45) is 0 Å². The number of nitro benzene ring substituents is 1. The van der Waals surface area contributed by atoms with Crippen LogP contribution >= 0.6 is 15.9 Å². The summed E-state index contributed by atoms with van der Waals surface area (Å²) in [5, 5.41) is 11.5. The van der Waals surface area contributed by atoms with Crippen LogP contribution in [0.2, 0.25) is 0 Å². The molecule has 0 fully saturated rings. The highest BCUT2D eigenvalue weighted by Gasteiger charge is 2.12. The number of halogens is 1. The minimum atomic E-state index is -0.384. The minimum absolute atomic E-state index is 0.0813. The summed E-state index contributed by atoms with van der Waals surface area (Å²) < 4.78 is 5.29. The molecule has 0 spiro atoms. The Morgan fingerprint density at radius 3 is 2.63 bits per heavy atom. The highest BCUT2D eigenvalue weighted by atomic mass is 79.9. The molecule has 2 aromatic rings. The summed E-state index contributed by atoms with van der Waals surface area (Å²) in [4.78, 5) is 10.6. The lowest BCUT2D eigenvalue weighted by molar-refractivity contribution is -0.384. The predicted molar refractivity (Wildman–Crippen MR) is 77.7 cm³/mol. The van der Waals surface area contributed by atoms with Crippen molar-refractivity contribution in [3.63, 3.8) is 0 Å². The third kappa shape index (κ3) is 2.93. The van der Waals surface area contributed by atoms with Crippen molar-refractivity contribution in [1.82, 2.24) is 0 Å². The molecule has 4 nitrogen and oxygen atoms in total. The molecule has 0 aromatic heterocycles. The van der Waals surface area contributed by atoms with Crippen LogP contribution in [-0.4, -0.2) is 12.0 Å². The number of para-hydroxylation sites is 1. The van der Waals surface area contributed by atoms with Gasteiger partial charge in [-0.05, 0) is 23.3 Å². The Kier molecular flexibility index (Phi) is 4.16. The van der Waals surface area contributed by atoms with Crippen LogP contribution < -0.4 is 4.74 Å².